The van der Waals surface area contributed by atoms with Crippen LogP contribution in [-0.4, -0.2) is 45.9 Å². The first-order valence-corrected chi connectivity index (χ1v) is 6.76. The van der Waals surface area contributed by atoms with E-state index in [4.69, 9.17) is 9.47 Å². The maximum absolute atomic E-state index is 12.1. The number of anilines is 1. The number of methoxy groups -OCH3 is 2. The zero-order chi connectivity index (χ0) is 15.0. The first-order valence-electron chi connectivity index (χ1n) is 6.76. The smallest absolute Gasteiger partial charge is 0.251 e. The molecule has 0 saturated heterocycles. The number of carbonyl (C=O) groups excluding carboxylic acids is 1. The summed E-state index contributed by atoms with van der Waals surface area (Å²) in [4.78, 5) is 12.1. The normalized spacial score (nSPS) is 12.0. The maximum atomic E-state index is 12.1. The van der Waals surface area contributed by atoms with E-state index in [1.807, 2.05) is 32.0 Å². The van der Waals surface area contributed by atoms with Crippen molar-refractivity contribution in [3.63, 3.8) is 0 Å². The van der Waals surface area contributed by atoms with Gasteiger partial charge < -0.3 is 20.1 Å². The molecule has 0 fully saturated rings. The van der Waals surface area contributed by atoms with E-state index in [1.165, 1.54) is 0 Å². The molecule has 0 aliphatic heterocycles. The highest BCUT2D eigenvalue weighted by molar-refractivity contribution is 5.94. The number of hydrogen-bond donors (Lipinski definition) is 2. The Bertz CT molecular complexity index is 435. The molecule has 5 nitrogen and oxygen atoms in total. The van der Waals surface area contributed by atoms with E-state index in [-0.39, 0.29) is 12.0 Å². The quantitative estimate of drug-likeness (QED) is 0.762. The molecule has 1 amide bonds. The fourth-order valence-corrected chi connectivity index (χ4v) is 1.90. The molecule has 1 atom stereocenters. The van der Waals surface area contributed by atoms with Crippen LogP contribution >= 0.6 is 0 Å². The van der Waals surface area contributed by atoms with Gasteiger partial charge in [-0.25, -0.2) is 0 Å². The summed E-state index contributed by atoms with van der Waals surface area (Å²) >= 11 is 0. The van der Waals surface area contributed by atoms with Gasteiger partial charge in [0.25, 0.3) is 5.91 Å². The molecule has 1 aromatic carbocycles. The summed E-state index contributed by atoms with van der Waals surface area (Å²) in [6.45, 7) is 5.77. The lowest BCUT2D eigenvalue weighted by molar-refractivity contribution is 0.0285. The lowest BCUT2D eigenvalue weighted by Gasteiger charge is -2.15. The van der Waals surface area contributed by atoms with Gasteiger partial charge in [-0.3, -0.25) is 4.79 Å². The lowest BCUT2D eigenvalue weighted by Crippen LogP contribution is -2.35. The average molecular weight is 280 g/mol. The SMILES string of the molecule is CCNc1ccc(C(=O)NCC(COC)OC)cc1C. The number of amides is 1. The lowest BCUT2D eigenvalue weighted by atomic mass is 10.1. The molecule has 1 unspecified atom stereocenters. The van der Waals surface area contributed by atoms with Crippen LogP contribution in [0.2, 0.25) is 0 Å². The minimum atomic E-state index is -0.133. The fraction of sp³-hybridized carbons (Fsp3) is 0.533. The molecule has 0 saturated carbocycles. The van der Waals surface area contributed by atoms with Gasteiger partial charge in [0, 0.05) is 38.6 Å². The van der Waals surface area contributed by atoms with Crippen molar-refractivity contribution in [1.82, 2.24) is 5.32 Å². The summed E-state index contributed by atoms with van der Waals surface area (Å²) in [5, 5.41) is 6.10. The molecule has 5 heteroatoms. The predicted octanol–water partition coefficient (Wildman–Crippen LogP) is 1.82. The molecule has 0 aromatic heterocycles. The van der Waals surface area contributed by atoms with E-state index >= 15 is 0 Å². The zero-order valence-corrected chi connectivity index (χ0v) is 12.7. The molecule has 2 N–H and O–H groups in total. The average Bonchev–Trinajstić information content (AvgIpc) is 2.45. The number of aryl methyl sites for hydroxylation is 1. The van der Waals surface area contributed by atoms with Crippen molar-refractivity contribution in [3.8, 4) is 0 Å². The Hall–Kier alpha value is -1.59. The van der Waals surface area contributed by atoms with E-state index in [9.17, 15) is 4.79 Å². The minimum Gasteiger partial charge on any atom is -0.385 e. The number of nitrogens with one attached hydrogen (secondary N) is 2. The van der Waals surface area contributed by atoms with Gasteiger partial charge in [0.15, 0.2) is 0 Å². The van der Waals surface area contributed by atoms with Gasteiger partial charge in [0.05, 0.1) is 12.7 Å². The van der Waals surface area contributed by atoms with Crippen LogP contribution in [0, 0.1) is 6.92 Å². The van der Waals surface area contributed by atoms with Crippen molar-refractivity contribution in [2.45, 2.75) is 20.0 Å². The van der Waals surface area contributed by atoms with Crippen molar-refractivity contribution in [2.24, 2.45) is 0 Å². The Labute approximate surface area is 120 Å². The van der Waals surface area contributed by atoms with Crippen molar-refractivity contribution < 1.29 is 14.3 Å². The van der Waals surface area contributed by atoms with Gasteiger partial charge in [-0.2, -0.15) is 0 Å². The van der Waals surface area contributed by atoms with E-state index in [1.54, 1.807) is 14.2 Å². The van der Waals surface area contributed by atoms with Crippen LogP contribution in [0.4, 0.5) is 5.69 Å². The number of ether oxygens (including phenoxy) is 2. The standard InChI is InChI=1S/C15H24N2O3/c1-5-16-14-7-6-12(8-11(14)2)15(18)17-9-13(20-4)10-19-3/h6-8,13,16H,5,9-10H2,1-4H3,(H,17,18). The van der Waals surface area contributed by atoms with Crippen LogP contribution in [0.5, 0.6) is 0 Å². The van der Waals surface area contributed by atoms with E-state index in [0.717, 1.165) is 17.8 Å². The van der Waals surface area contributed by atoms with Crippen molar-refractivity contribution >= 4 is 11.6 Å². The van der Waals surface area contributed by atoms with Crippen LogP contribution in [0.25, 0.3) is 0 Å². The molecule has 0 aliphatic carbocycles. The topological polar surface area (TPSA) is 59.6 Å². The van der Waals surface area contributed by atoms with E-state index < -0.39 is 0 Å². The molecule has 1 rings (SSSR count). The van der Waals surface area contributed by atoms with Gasteiger partial charge in [-0.1, -0.05) is 0 Å². The second-order valence-electron chi connectivity index (χ2n) is 4.58. The summed E-state index contributed by atoms with van der Waals surface area (Å²) in [6.07, 6.45) is -0.133. The fourth-order valence-electron chi connectivity index (χ4n) is 1.90. The van der Waals surface area contributed by atoms with E-state index in [0.29, 0.717) is 18.7 Å². The summed E-state index contributed by atoms with van der Waals surface area (Å²) in [5.41, 5.74) is 2.76. The summed E-state index contributed by atoms with van der Waals surface area (Å²) in [5.74, 6) is -0.102. The van der Waals surface area contributed by atoms with Crippen molar-refractivity contribution in [1.29, 1.82) is 0 Å². The van der Waals surface area contributed by atoms with Crippen LogP contribution < -0.4 is 10.6 Å². The third kappa shape index (κ3) is 4.83. The van der Waals surface area contributed by atoms with Crippen molar-refractivity contribution in [2.75, 3.05) is 39.2 Å². The largest absolute Gasteiger partial charge is 0.385 e. The third-order valence-corrected chi connectivity index (χ3v) is 3.03. The number of hydrogen-bond acceptors (Lipinski definition) is 4. The minimum absolute atomic E-state index is 0.102. The Morgan fingerprint density at radius 1 is 1.35 bits per heavy atom. The number of benzene rings is 1. The molecule has 1 aromatic rings. The molecule has 0 radical (unpaired) electrons. The van der Waals surface area contributed by atoms with Gasteiger partial charge in [-0.05, 0) is 37.6 Å². The zero-order valence-electron chi connectivity index (χ0n) is 12.7. The molecular formula is C15H24N2O3. The molecule has 112 valence electrons. The molecular weight excluding hydrogens is 256 g/mol. The van der Waals surface area contributed by atoms with Crippen LogP contribution in [-0.2, 0) is 9.47 Å². The summed E-state index contributed by atoms with van der Waals surface area (Å²) in [7, 11) is 3.21. The van der Waals surface area contributed by atoms with Crippen LogP contribution in [0.15, 0.2) is 18.2 Å². The Kier molecular flexibility index (Phi) is 7.04. The number of carbonyl (C=O) groups is 1. The number of rotatable bonds is 8. The molecule has 0 heterocycles. The monoisotopic (exact) mass is 280 g/mol. The Morgan fingerprint density at radius 2 is 2.10 bits per heavy atom. The Morgan fingerprint density at radius 3 is 2.65 bits per heavy atom. The van der Waals surface area contributed by atoms with Gasteiger partial charge in [-0.15, -0.1) is 0 Å². The molecule has 0 aliphatic rings. The first kappa shape index (κ1) is 16.5. The third-order valence-electron chi connectivity index (χ3n) is 3.03. The van der Waals surface area contributed by atoms with Gasteiger partial charge in [0.1, 0.15) is 0 Å². The summed E-state index contributed by atoms with van der Waals surface area (Å²) in [6, 6.07) is 5.63. The highest BCUT2D eigenvalue weighted by atomic mass is 16.5. The van der Waals surface area contributed by atoms with Crippen LogP contribution in [0.1, 0.15) is 22.8 Å². The van der Waals surface area contributed by atoms with Crippen molar-refractivity contribution in [3.05, 3.63) is 29.3 Å². The maximum Gasteiger partial charge on any atom is 0.251 e. The molecule has 0 bridgehead atoms. The van der Waals surface area contributed by atoms with Crippen LogP contribution in [0.3, 0.4) is 0 Å². The summed E-state index contributed by atoms with van der Waals surface area (Å²) < 4.78 is 10.2. The van der Waals surface area contributed by atoms with E-state index in [2.05, 4.69) is 10.6 Å². The van der Waals surface area contributed by atoms with Gasteiger partial charge in [0.2, 0.25) is 0 Å². The highest BCUT2D eigenvalue weighted by Gasteiger charge is 2.11. The molecule has 20 heavy (non-hydrogen) atoms. The second kappa shape index (κ2) is 8.55. The first-order chi connectivity index (χ1) is 9.62. The highest BCUT2D eigenvalue weighted by Crippen LogP contribution is 2.16. The molecule has 0 spiro atoms. The van der Waals surface area contributed by atoms with Gasteiger partial charge >= 0.3 is 0 Å². The predicted molar refractivity (Wildman–Crippen MR) is 80.3 cm³/mol. The second-order valence-corrected chi connectivity index (χ2v) is 4.58. The Balaban J connectivity index is 2.61.